The van der Waals surface area contributed by atoms with Crippen LogP contribution in [0.4, 0.5) is 11.4 Å². The van der Waals surface area contributed by atoms with Gasteiger partial charge in [-0.25, -0.2) is 8.42 Å². The van der Waals surface area contributed by atoms with Crippen molar-refractivity contribution in [2.75, 3.05) is 9.62 Å². The van der Waals surface area contributed by atoms with E-state index < -0.39 is 10.0 Å². The van der Waals surface area contributed by atoms with Gasteiger partial charge in [-0.1, -0.05) is 17.7 Å². The molecule has 8 heteroatoms. The summed E-state index contributed by atoms with van der Waals surface area (Å²) in [5.74, 6) is -0.552. The number of rotatable bonds is 4. The van der Waals surface area contributed by atoms with Crippen molar-refractivity contribution in [2.24, 2.45) is 0 Å². The van der Waals surface area contributed by atoms with Crippen molar-refractivity contribution in [1.29, 1.82) is 0 Å². The Morgan fingerprint density at radius 1 is 1.00 bits per heavy atom. The second kappa shape index (κ2) is 7.32. The second-order valence-corrected chi connectivity index (χ2v) is 8.60. The summed E-state index contributed by atoms with van der Waals surface area (Å²) in [4.78, 5) is 25.1. The summed E-state index contributed by atoms with van der Waals surface area (Å²) >= 11 is 6.18. The number of anilines is 2. The van der Waals surface area contributed by atoms with E-state index in [0.29, 0.717) is 41.2 Å². The third-order valence-electron chi connectivity index (χ3n) is 4.35. The number of hydrogen-bond acceptors (Lipinski definition) is 4. The number of aryl methyl sites for hydroxylation is 2. The van der Waals surface area contributed by atoms with Crippen molar-refractivity contribution in [3.63, 3.8) is 0 Å². The number of amides is 2. The molecule has 0 unspecified atom stereocenters. The molecule has 27 heavy (non-hydrogen) atoms. The van der Waals surface area contributed by atoms with Crippen LogP contribution in [0.5, 0.6) is 0 Å². The smallest absolute Gasteiger partial charge is 0.261 e. The predicted molar refractivity (Wildman–Crippen MR) is 105 cm³/mol. The van der Waals surface area contributed by atoms with E-state index in [2.05, 4.69) is 4.72 Å². The fourth-order valence-electron chi connectivity index (χ4n) is 3.05. The number of hydrogen-bond donors (Lipinski definition) is 1. The fourth-order valence-corrected chi connectivity index (χ4v) is 4.63. The van der Waals surface area contributed by atoms with Crippen LogP contribution in [-0.4, -0.2) is 20.2 Å². The Bertz CT molecular complexity index is 978. The van der Waals surface area contributed by atoms with Crippen LogP contribution in [0.2, 0.25) is 5.02 Å². The summed E-state index contributed by atoms with van der Waals surface area (Å²) in [6, 6.07) is 9.16. The number of benzene rings is 2. The van der Waals surface area contributed by atoms with Crippen LogP contribution < -0.4 is 9.62 Å². The van der Waals surface area contributed by atoms with Gasteiger partial charge in [0, 0.05) is 12.8 Å². The molecule has 1 aliphatic heterocycles. The molecular weight excluding hydrogens is 388 g/mol. The average molecular weight is 407 g/mol. The first kappa shape index (κ1) is 19.4. The summed E-state index contributed by atoms with van der Waals surface area (Å²) in [6.45, 7) is 3.65. The topological polar surface area (TPSA) is 83.6 Å². The highest BCUT2D eigenvalue weighted by atomic mass is 35.5. The number of carbonyl (C=O) groups is 2. The summed E-state index contributed by atoms with van der Waals surface area (Å²) in [5, 5.41) is 0.317. The van der Waals surface area contributed by atoms with E-state index in [0.717, 1.165) is 10.5 Å². The molecular formula is C19H19ClN2O4S. The zero-order valence-electron chi connectivity index (χ0n) is 15.0. The summed E-state index contributed by atoms with van der Waals surface area (Å²) in [7, 11) is -3.87. The van der Waals surface area contributed by atoms with Crippen LogP contribution in [0.25, 0.3) is 0 Å². The molecule has 0 radical (unpaired) electrons. The summed E-state index contributed by atoms with van der Waals surface area (Å²) < 4.78 is 27.9. The molecule has 0 saturated carbocycles. The van der Waals surface area contributed by atoms with Gasteiger partial charge in [-0.05, 0) is 61.7 Å². The van der Waals surface area contributed by atoms with Gasteiger partial charge in [-0.15, -0.1) is 0 Å². The van der Waals surface area contributed by atoms with E-state index in [1.54, 1.807) is 13.0 Å². The van der Waals surface area contributed by atoms with Gasteiger partial charge < -0.3 is 0 Å². The van der Waals surface area contributed by atoms with Crippen LogP contribution in [-0.2, 0) is 19.6 Å². The van der Waals surface area contributed by atoms with Gasteiger partial charge in [-0.2, -0.15) is 0 Å². The molecule has 1 heterocycles. The van der Waals surface area contributed by atoms with Crippen molar-refractivity contribution in [2.45, 2.75) is 38.0 Å². The zero-order chi connectivity index (χ0) is 19.8. The molecule has 3 rings (SSSR count). The lowest BCUT2D eigenvalue weighted by Gasteiger charge is -2.25. The first-order valence-corrected chi connectivity index (χ1v) is 10.3. The number of carbonyl (C=O) groups excluding carboxylic acids is 2. The number of imide groups is 1. The molecule has 1 N–H and O–H groups in total. The van der Waals surface area contributed by atoms with E-state index >= 15 is 0 Å². The van der Waals surface area contributed by atoms with Crippen LogP contribution in [0.15, 0.2) is 41.3 Å². The van der Waals surface area contributed by atoms with Gasteiger partial charge in [-0.3, -0.25) is 19.2 Å². The minimum absolute atomic E-state index is 0.0131. The Kier molecular flexibility index (Phi) is 5.26. The lowest BCUT2D eigenvalue weighted by molar-refractivity contribution is -0.129. The molecule has 2 amide bonds. The van der Waals surface area contributed by atoms with Gasteiger partial charge in [0.2, 0.25) is 11.8 Å². The van der Waals surface area contributed by atoms with Crippen molar-refractivity contribution >= 4 is 44.8 Å². The molecule has 1 aliphatic rings. The maximum atomic E-state index is 12.7. The molecule has 0 spiro atoms. The predicted octanol–water partition coefficient (Wildman–Crippen LogP) is 3.80. The molecule has 1 fully saturated rings. The zero-order valence-corrected chi connectivity index (χ0v) is 16.5. The summed E-state index contributed by atoms with van der Waals surface area (Å²) in [5.41, 5.74) is 2.34. The summed E-state index contributed by atoms with van der Waals surface area (Å²) in [6.07, 6.45) is 1.15. The number of halogens is 1. The lowest BCUT2D eigenvalue weighted by atomic mass is 10.1. The molecule has 6 nitrogen and oxygen atoms in total. The Labute approximate surface area is 163 Å². The number of nitrogens with one attached hydrogen (secondary N) is 1. The van der Waals surface area contributed by atoms with Crippen molar-refractivity contribution in [3.05, 3.63) is 52.5 Å². The van der Waals surface area contributed by atoms with Gasteiger partial charge in [0.25, 0.3) is 10.0 Å². The quantitative estimate of drug-likeness (QED) is 0.782. The third-order valence-corrected chi connectivity index (χ3v) is 6.02. The van der Waals surface area contributed by atoms with E-state index in [1.165, 1.54) is 24.3 Å². The molecule has 2 aromatic carbocycles. The largest absolute Gasteiger partial charge is 0.278 e. The molecule has 2 aromatic rings. The van der Waals surface area contributed by atoms with E-state index in [9.17, 15) is 18.0 Å². The van der Waals surface area contributed by atoms with Crippen LogP contribution >= 0.6 is 11.6 Å². The minimum Gasteiger partial charge on any atom is -0.278 e. The van der Waals surface area contributed by atoms with Gasteiger partial charge in [0.05, 0.1) is 21.3 Å². The Balaban J connectivity index is 1.88. The Morgan fingerprint density at radius 3 is 2.15 bits per heavy atom. The lowest BCUT2D eigenvalue weighted by Crippen LogP contribution is -2.40. The average Bonchev–Trinajstić information content (AvgIpc) is 2.58. The normalized spacial score (nSPS) is 15.1. The molecule has 0 atom stereocenters. The maximum Gasteiger partial charge on any atom is 0.261 e. The maximum absolute atomic E-state index is 12.7. The van der Waals surface area contributed by atoms with E-state index in [1.807, 2.05) is 13.0 Å². The first-order chi connectivity index (χ1) is 12.7. The van der Waals surface area contributed by atoms with Gasteiger partial charge in [0.1, 0.15) is 0 Å². The van der Waals surface area contributed by atoms with Crippen LogP contribution in [0, 0.1) is 13.8 Å². The van der Waals surface area contributed by atoms with Gasteiger partial charge >= 0.3 is 0 Å². The fraction of sp³-hybridized carbons (Fsp3) is 0.263. The van der Waals surface area contributed by atoms with Crippen molar-refractivity contribution in [1.82, 2.24) is 0 Å². The number of nitrogens with zero attached hydrogens (tertiary/aromatic N) is 1. The number of piperidine rings is 1. The highest BCUT2D eigenvalue weighted by molar-refractivity contribution is 7.92. The third kappa shape index (κ3) is 3.99. The van der Waals surface area contributed by atoms with Crippen molar-refractivity contribution < 1.29 is 18.0 Å². The van der Waals surface area contributed by atoms with E-state index in [-0.39, 0.29) is 16.7 Å². The highest BCUT2D eigenvalue weighted by Gasteiger charge is 2.27. The minimum atomic E-state index is -3.87. The van der Waals surface area contributed by atoms with Gasteiger partial charge in [0.15, 0.2) is 0 Å². The molecule has 0 aliphatic carbocycles. The number of sulfonamides is 1. The first-order valence-electron chi connectivity index (χ1n) is 8.44. The Morgan fingerprint density at radius 2 is 1.59 bits per heavy atom. The Hall–Kier alpha value is -2.38. The standard InChI is InChI=1S/C19H19ClN2O4S/c1-12-10-13(2)19(16(20)11-12)21-27(25,26)15-8-6-14(7-9-15)22-17(23)4-3-5-18(22)24/h6-11,21H,3-5H2,1-2H3. The molecule has 142 valence electrons. The van der Waals surface area contributed by atoms with Crippen molar-refractivity contribution in [3.8, 4) is 0 Å². The SMILES string of the molecule is Cc1cc(C)c(NS(=O)(=O)c2ccc(N3C(=O)CCCC3=O)cc2)c(Cl)c1. The molecule has 1 saturated heterocycles. The molecule has 0 aromatic heterocycles. The van der Waals surface area contributed by atoms with E-state index in [4.69, 9.17) is 11.6 Å². The highest BCUT2D eigenvalue weighted by Crippen LogP contribution is 2.30. The van der Waals surface area contributed by atoms with Crippen LogP contribution in [0.3, 0.4) is 0 Å². The molecule has 0 bridgehead atoms. The monoisotopic (exact) mass is 406 g/mol. The van der Waals surface area contributed by atoms with Crippen LogP contribution in [0.1, 0.15) is 30.4 Å². The second-order valence-electron chi connectivity index (χ2n) is 6.51.